The highest BCUT2D eigenvalue weighted by molar-refractivity contribution is 9.10. The molecule has 4 rings (SSSR count). The molecule has 0 aliphatic carbocycles. The van der Waals surface area contributed by atoms with E-state index in [9.17, 15) is 0 Å². The largest absolute Gasteiger partial charge is 0.370 e. The Kier molecular flexibility index (Phi) is 4.63. The maximum atomic E-state index is 5.12. The molecule has 1 saturated heterocycles. The van der Waals surface area contributed by atoms with E-state index in [1.807, 2.05) is 0 Å². The van der Waals surface area contributed by atoms with Gasteiger partial charge in [-0.2, -0.15) is 5.10 Å². The molecule has 0 bridgehead atoms. The second-order valence-electron chi connectivity index (χ2n) is 7.04. The number of benzene rings is 1. The van der Waals surface area contributed by atoms with E-state index in [1.165, 1.54) is 55.8 Å². The summed E-state index contributed by atoms with van der Waals surface area (Å²) in [6.07, 6.45) is 6.07. The molecule has 1 aromatic carbocycles. The Morgan fingerprint density at radius 1 is 1.17 bits per heavy atom. The van der Waals surface area contributed by atoms with Crippen molar-refractivity contribution in [1.29, 1.82) is 0 Å². The summed E-state index contributed by atoms with van der Waals surface area (Å²) in [7, 11) is 2.22. The molecule has 1 N–H and O–H groups in total. The highest BCUT2D eigenvalue weighted by atomic mass is 79.9. The average Bonchev–Trinajstić information content (AvgIpc) is 2.78. The maximum absolute atomic E-state index is 5.12. The molecule has 128 valence electrons. The molecule has 0 radical (unpaired) electrons. The standard InChI is InChI=1S/C19H25BrN4/c1-23-12-9-14(10-13-23)18-15-6-4-5-11-21-19(15)24(22-18)17-8-3-2-7-16(17)20/h2-3,7-8,14,21H,4-6,9-13H2,1H3. The highest BCUT2D eigenvalue weighted by Gasteiger charge is 2.28. The normalized spacial score (nSPS) is 19.6. The lowest BCUT2D eigenvalue weighted by Crippen LogP contribution is -2.29. The van der Waals surface area contributed by atoms with Crippen molar-refractivity contribution in [3.8, 4) is 5.69 Å². The van der Waals surface area contributed by atoms with Gasteiger partial charge in [0.15, 0.2) is 0 Å². The minimum Gasteiger partial charge on any atom is -0.370 e. The van der Waals surface area contributed by atoms with Gasteiger partial charge in [-0.05, 0) is 80.3 Å². The lowest BCUT2D eigenvalue weighted by Gasteiger charge is -2.28. The first-order chi connectivity index (χ1) is 11.7. The predicted molar refractivity (Wildman–Crippen MR) is 102 cm³/mol. The van der Waals surface area contributed by atoms with Crippen LogP contribution in [0.2, 0.25) is 0 Å². The number of anilines is 1. The summed E-state index contributed by atoms with van der Waals surface area (Å²) in [5.41, 5.74) is 3.92. The van der Waals surface area contributed by atoms with Gasteiger partial charge < -0.3 is 10.2 Å². The lowest BCUT2D eigenvalue weighted by atomic mass is 9.90. The van der Waals surface area contributed by atoms with Gasteiger partial charge in [0.1, 0.15) is 5.82 Å². The molecule has 1 aromatic heterocycles. The minimum absolute atomic E-state index is 0.596. The molecule has 24 heavy (non-hydrogen) atoms. The summed E-state index contributed by atoms with van der Waals surface area (Å²) in [4.78, 5) is 2.43. The number of para-hydroxylation sites is 1. The minimum atomic E-state index is 0.596. The van der Waals surface area contributed by atoms with Gasteiger partial charge in [0.25, 0.3) is 0 Å². The van der Waals surface area contributed by atoms with Crippen LogP contribution < -0.4 is 5.32 Å². The van der Waals surface area contributed by atoms with E-state index in [1.54, 1.807) is 0 Å². The van der Waals surface area contributed by atoms with Crippen LogP contribution in [0.1, 0.15) is 42.9 Å². The van der Waals surface area contributed by atoms with Crippen molar-refractivity contribution in [3.63, 3.8) is 0 Å². The molecular formula is C19H25BrN4. The van der Waals surface area contributed by atoms with Crippen molar-refractivity contribution in [2.24, 2.45) is 0 Å². The Bertz CT molecular complexity index is 716. The van der Waals surface area contributed by atoms with Crippen LogP contribution in [-0.4, -0.2) is 41.4 Å². The van der Waals surface area contributed by atoms with Gasteiger partial charge in [-0.3, -0.25) is 0 Å². The zero-order valence-corrected chi connectivity index (χ0v) is 15.8. The van der Waals surface area contributed by atoms with Crippen LogP contribution in [0.4, 0.5) is 5.82 Å². The average molecular weight is 389 g/mol. The zero-order chi connectivity index (χ0) is 16.5. The Morgan fingerprint density at radius 2 is 1.96 bits per heavy atom. The summed E-state index contributed by atoms with van der Waals surface area (Å²) in [6, 6.07) is 8.37. The first-order valence-corrected chi connectivity index (χ1v) is 9.82. The number of rotatable bonds is 2. The SMILES string of the molecule is CN1CCC(c2nn(-c3ccccc3Br)c3c2CCCCN3)CC1. The summed E-state index contributed by atoms with van der Waals surface area (Å²) < 4.78 is 3.23. The topological polar surface area (TPSA) is 33.1 Å². The van der Waals surface area contributed by atoms with E-state index in [4.69, 9.17) is 5.10 Å². The first kappa shape index (κ1) is 16.2. The number of hydrogen-bond donors (Lipinski definition) is 1. The number of fused-ring (bicyclic) bond motifs is 1. The van der Waals surface area contributed by atoms with Crippen molar-refractivity contribution >= 4 is 21.7 Å². The molecule has 2 aliphatic heterocycles. The summed E-state index contributed by atoms with van der Waals surface area (Å²) in [5, 5.41) is 8.78. The van der Waals surface area contributed by atoms with Gasteiger partial charge in [-0.25, -0.2) is 4.68 Å². The number of piperidine rings is 1. The third-order valence-corrected chi connectivity index (χ3v) is 6.02. The second-order valence-corrected chi connectivity index (χ2v) is 7.89. The van der Waals surface area contributed by atoms with Gasteiger partial charge in [0, 0.05) is 22.5 Å². The molecule has 3 heterocycles. The number of hydrogen-bond acceptors (Lipinski definition) is 3. The second kappa shape index (κ2) is 6.89. The zero-order valence-electron chi connectivity index (χ0n) is 14.3. The Morgan fingerprint density at radius 3 is 2.75 bits per heavy atom. The number of aromatic nitrogens is 2. The fraction of sp³-hybridized carbons (Fsp3) is 0.526. The lowest BCUT2D eigenvalue weighted by molar-refractivity contribution is 0.252. The molecule has 0 spiro atoms. The van der Waals surface area contributed by atoms with Gasteiger partial charge >= 0.3 is 0 Å². The predicted octanol–water partition coefficient (Wildman–Crippen LogP) is 4.19. The Balaban J connectivity index is 1.79. The number of likely N-dealkylation sites (tertiary alicyclic amines) is 1. The monoisotopic (exact) mass is 388 g/mol. The number of halogens is 1. The molecule has 4 nitrogen and oxygen atoms in total. The Labute approximate surface area is 152 Å². The Hall–Kier alpha value is -1.33. The van der Waals surface area contributed by atoms with Crippen molar-refractivity contribution in [3.05, 3.63) is 40.0 Å². The molecule has 0 saturated carbocycles. The summed E-state index contributed by atoms with van der Waals surface area (Å²) in [5.74, 6) is 1.81. The van der Waals surface area contributed by atoms with E-state index in [0.717, 1.165) is 23.1 Å². The fourth-order valence-electron chi connectivity index (χ4n) is 3.94. The van der Waals surface area contributed by atoms with Crippen LogP contribution in [0.5, 0.6) is 0 Å². The van der Waals surface area contributed by atoms with Crippen molar-refractivity contribution in [1.82, 2.24) is 14.7 Å². The summed E-state index contributed by atoms with van der Waals surface area (Å²) in [6.45, 7) is 3.39. The highest BCUT2D eigenvalue weighted by Crippen LogP contribution is 2.37. The van der Waals surface area contributed by atoms with E-state index in [-0.39, 0.29) is 0 Å². The van der Waals surface area contributed by atoms with Crippen molar-refractivity contribution in [2.75, 3.05) is 32.0 Å². The van der Waals surface area contributed by atoms with Gasteiger partial charge in [0.2, 0.25) is 0 Å². The van der Waals surface area contributed by atoms with Crippen LogP contribution >= 0.6 is 15.9 Å². The number of nitrogens with zero attached hydrogens (tertiary/aromatic N) is 3. The quantitative estimate of drug-likeness (QED) is 0.836. The third kappa shape index (κ3) is 3.00. The van der Waals surface area contributed by atoms with Crippen LogP contribution in [-0.2, 0) is 6.42 Å². The van der Waals surface area contributed by atoms with Crippen LogP contribution in [0.25, 0.3) is 5.69 Å². The van der Waals surface area contributed by atoms with Crippen LogP contribution in [0.15, 0.2) is 28.7 Å². The van der Waals surface area contributed by atoms with E-state index >= 15 is 0 Å². The summed E-state index contributed by atoms with van der Waals surface area (Å²) >= 11 is 3.70. The molecule has 2 aromatic rings. The molecular weight excluding hydrogens is 364 g/mol. The molecule has 0 unspecified atom stereocenters. The van der Waals surface area contributed by atoms with Gasteiger partial charge in [0.05, 0.1) is 11.4 Å². The maximum Gasteiger partial charge on any atom is 0.133 e. The first-order valence-electron chi connectivity index (χ1n) is 9.03. The number of nitrogens with one attached hydrogen (secondary N) is 1. The smallest absolute Gasteiger partial charge is 0.133 e. The molecule has 0 atom stereocenters. The molecule has 0 amide bonds. The van der Waals surface area contributed by atoms with Crippen molar-refractivity contribution < 1.29 is 0 Å². The van der Waals surface area contributed by atoms with Crippen LogP contribution in [0.3, 0.4) is 0 Å². The molecule has 2 aliphatic rings. The van der Waals surface area contributed by atoms with E-state index in [0.29, 0.717) is 5.92 Å². The van der Waals surface area contributed by atoms with Gasteiger partial charge in [-0.15, -0.1) is 0 Å². The molecule has 5 heteroatoms. The van der Waals surface area contributed by atoms with Crippen molar-refractivity contribution in [2.45, 2.75) is 38.0 Å². The van der Waals surface area contributed by atoms with E-state index < -0.39 is 0 Å². The molecule has 1 fully saturated rings. The van der Waals surface area contributed by atoms with Crippen LogP contribution in [0, 0.1) is 0 Å². The van der Waals surface area contributed by atoms with E-state index in [2.05, 4.69) is 62.1 Å². The fourth-order valence-corrected chi connectivity index (χ4v) is 4.39. The third-order valence-electron chi connectivity index (χ3n) is 5.35. The van der Waals surface area contributed by atoms with Gasteiger partial charge in [-0.1, -0.05) is 12.1 Å².